The summed E-state index contributed by atoms with van der Waals surface area (Å²) in [5, 5.41) is 5.84. The van der Waals surface area contributed by atoms with Crippen LogP contribution in [0.3, 0.4) is 0 Å². The molecule has 28 heavy (non-hydrogen) atoms. The maximum absolute atomic E-state index is 12.4. The van der Waals surface area contributed by atoms with Gasteiger partial charge < -0.3 is 15.4 Å². The first-order valence-electron chi connectivity index (χ1n) is 9.69. The Morgan fingerprint density at radius 2 is 1.82 bits per heavy atom. The van der Waals surface area contributed by atoms with Gasteiger partial charge in [-0.2, -0.15) is 0 Å². The number of hydrogen-bond acceptors (Lipinski definition) is 3. The first-order chi connectivity index (χ1) is 13.7. The molecule has 0 aromatic heterocycles. The van der Waals surface area contributed by atoms with E-state index in [1.807, 2.05) is 42.5 Å². The van der Waals surface area contributed by atoms with Crippen molar-refractivity contribution in [3.63, 3.8) is 0 Å². The van der Waals surface area contributed by atoms with Crippen LogP contribution in [0.25, 0.3) is 0 Å². The number of morpholine rings is 1. The van der Waals surface area contributed by atoms with Crippen molar-refractivity contribution in [1.82, 2.24) is 10.2 Å². The third-order valence-corrected chi connectivity index (χ3v) is 4.86. The van der Waals surface area contributed by atoms with Gasteiger partial charge in [-0.3, -0.25) is 4.90 Å². The van der Waals surface area contributed by atoms with Gasteiger partial charge in [0.2, 0.25) is 0 Å². The lowest BCUT2D eigenvalue weighted by Crippen LogP contribution is -2.37. The fourth-order valence-corrected chi connectivity index (χ4v) is 3.25. The summed E-state index contributed by atoms with van der Waals surface area (Å²) in [6.45, 7) is 4.67. The largest absolute Gasteiger partial charge is 0.379 e. The smallest absolute Gasteiger partial charge is 0.319 e. The Kier molecular flexibility index (Phi) is 7.48. The van der Waals surface area contributed by atoms with Crippen molar-refractivity contribution in [2.24, 2.45) is 0 Å². The summed E-state index contributed by atoms with van der Waals surface area (Å²) in [4.78, 5) is 14.8. The average molecular weight is 377 g/mol. The summed E-state index contributed by atoms with van der Waals surface area (Å²) in [7, 11) is 0. The summed E-state index contributed by atoms with van der Waals surface area (Å²) in [5.74, 6) is 2.63. The van der Waals surface area contributed by atoms with E-state index in [1.54, 1.807) is 0 Å². The molecule has 2 aromatic carbocycles. The van der Waals surface area contributed by atoms with Crippen LogP contribution in [0.15, 0.2) is 54.6 Å². The van der Waals surface area contributed by atoms with Crippen LogP contribution in [0, 0.1) is 12.3 Å². The average Bonchev–Trinajstić information content (AvgIpc) is 2.74. The molecule has 5 heteroatoms. The number of ether oxygens (including phenoxy) is 1. The highest BCUT2D eigenvalue weighted by molar-refractivity contribution is 5.89. The van der Waals surface area contributed by atoms with Crippen LogP contribution in [-0.4, -0.2) is 43.8 Å². The molecule has 1 atom stereocenters. The second kappa shape index (κ2) is 10.5. The highest BCUT2D eigenvalue weighted by Gasteiger charge is 2.13. The lowest BCUT2D eigenvalue weighted by molar-refractivity contribution is 0.0384. The number of nitrogens with zero attached hydrogens (tertiary/aromatic N) is 1. The zero-order valence-electron chi connectivity index (χ0n) is 16.1. The summed E-state index contributed by atoms with van der Waals surface area (Å²) in [5.41, 5.74) is 3.01. The predicted octanol–water partition coefficient (Wildman–Crippen LogP) is 3.45. The minimum absolute atomic E-state index is 0.209. The number of nitrogens with one attached hydrogen (secondary N) is 2. The van der Waals surface area contributed by atoms with Crippen LogP contribution in [0.1, 0.15) is 23.6 Å². The molecule has 1 heterocycles. The second-order valence-electron chi connectivity index (χ2n) is 6.87. The van der Waals surface area contributed by atoms with Crippen LogP contribution in [0.4, 0.5) is 10.5 Å². The highest BCUT2D eigenvalue weighted by atomic mass is 16.5. The van der Waals surface area contributed by atoms with Gasteiger partial charge in [0, 0.05) is 31.7 Å². The standard InChI is InChI=1S/C23H27N3O2/c1-2-6-22(20-7-4-3-5-8-20)25-23(27)24-21-11-9-19(10-12-21)13-14-26-15-17-28-18-16-26/h1,3-5,7-12,22H,6,13-18H2,(H2,24,25,27). The van der Waals surface area contributed by atoms with E-state index in [1.165, 1.54) is 5.56 Å². The zero-order valence-corrected chi connectivity index (χ0v) is 16.1. The molecule has 0 spiro atoms. The molecule has 0 aliphatic carbocycles. The molecule has 1 fully saturated rings. The quantitative estimate of drug-likeness (QED) is 0.727. The molecule has 2 aromatic rings. The molecule has 0 radical (unpaired) electrons. The minimum atomic E-state index is -0.259. The molecule has 2 amide bonds. The van der Waals surface area contributed by atoms with E-state index in [4.69, 9.17) is 11.2 Å². The first kappa shape index (κ1) is 19.9. The van der Waals surface area contributed by atoms with E-state index in [-0.39, 0.29) is 12.1 Å². The van der Waals surface area contributed by atoms with Crippen molar-refractivity contribution in [3.8, 4) is 12.3 Å². The topological polar surface area (TPSA) is 53.6 Å². The Morgan fingerprint density at radius 3 is 2.50 bits per heavy atom. The molecule has 1 unspecified atom stereocenters. The summed E-state index contributed by atoms with van der Waals surface area (Å²) in [6, 6.07) is 17.3. The molecule has 0 bridgehead atoms. The van der Waals surface area contributed by atoms with E-state index in [2.05, 4.69) is 33.6 Å². The van der Waals surface area contributed by atoms with Crippen LogP contribution in [0.2, 0.25) is 0 Å². The van der Waals surface area contributed by atoms with Crippen molar-refractivity contribution < 1.29 is 9.53 Å². The van der Waals surface area contributed by atoms with Crippen molar-refractivity contribution in [2.75, 3.05) is 38.2 Å². The van der Waals surface area contributed by atoms with Gasteiger partial charge in [0.25, 0.3) is 0 Å². The Balaban J connectivity index is 1.50. The normalized spacial score (nSPS) is 15.4. The number of hydrogen-bond donors (Lipinski definition) is 2. The summed E-state index contributed by atoms with van der Waals surface area (Å²) < 4.78 is 5.38. The fourth-order valence-electron chi connectivity index (χ4n) is 3.25. The zero-order chi connectivity index (χ0) is 19.6. The number of benzene rings is 2. The molecule has 1 aliphatic rings. The van der Waals surface area contributed by atoms with E-state index in [0.29, 0.717) is 6.42 Å². The van der Waals surface area contributed by atoms with Gasteiger partial charge in [0.05, 0.1) is 19.3 Å². The number of carbonyl (C=O) groups is 1. The summed E-state index contributed by atoms with van der Waals surface area (Å²) >= 11 is 0. The van der Waals surface area contributed by atoms with E-state index < -0.39 is 0 Å². The van der Waals surface area contributed by atoms with E-state index in [0.717, 1.165) is 50.5 Å². The fraction of sp³-hybridized carbons (Fsp3) is 0.348. The number of terminal acetylenes is 1. The Hall–Kier alpha value is -2.81. The molecule has 5 nitrogen and oxygen atoms in total. The monoisotopic (exact) mass is 377 g/mol. The third-order valence-electron chi connectivity index (χ3n) is 4.86. The van der Waals surface area contributed by atoms with Crippen molar-refractivity contribution in [2.45, 2.75) is 18.9 Å². The first-order valence-corrected chi connectivity index (χ1v) is 9.69. The van der Waals surface area contributed by atoms with Crippen LogP contribution in [-0.2, 0) is 11.2 Å². The molecule has 0 saturated carbocycles. The summed E-state index contributed by atoms with van der Waals surface area (Å²) in [6.07, 6.45) is 6.90. The molecule has 146 valence electrons. The maximum Gasteiger partial charge on any atom is 0.319 e. The van der Waals surface area contributed by atoms with Gasteiger partial charge >= 0.3 is 6.03 Å². The molecule has 1 aliphatic heterocycles. The Morgan fingerprint density at radius 1 is 1.11 bits per heavy atom. The van der Waals surface area contributed by atoms with Crippen molar-refractivity contribution in [1.29, 1.82) is 0 Å². The van der Waals surface area contributed by atoms with Gasteiger partial charge in [0.1, 0.15) is 0 Å². The van der Waals surface area contributed by atoms with Crippen LogP contribution in [0.5, 0.6) is 0 Å². The molecule has 1 saturated heterocycles. The molecule has 2 N–H and O–H groups in total. The lowest BCUT2D eigenvalue weighted by Gasteiger charge is -2.26. The van der Waals surface area contributed by atoms with Crippen molar-refractivity contribution >= 4 is 11.7 Å². The van der Waals surface area contributed by atoms with Gasteiger partial charge in [-0.05, 0) is 29.7 Å². The SMILES string of the molecule is C#CCC(NC(=O)Nc1ccc(CCN2CCOCC2)cc1)c1ccccc1. The number of amides is 2. The van der Waals surface area contributed by atoms with Gasteiger partial charge in [-0.25, -0.2) is 4.79 Å². The van der Waals surface area contributed by atoms with Gasteiger partial charge in [-0.1, -0.05) is 42.5 Å². The third kappa shape index (κ3) is 6.12. The minimum Gasteiger partial charge on any atom is -0.379 e. The Labute approximate surface area is 167 Å². The van der Waals surface area contributed by atoms with Crippen LogP contribution < -0.4 is 10.6 Å². The van der Waals surface area contributed by atoms with E-state index >= 15 is 0 Å². The number of carbonyl (C=O) groups excluding carboxylic acids is 1. The number of urea groups is 1. The van der Waals surface area contributed by atoms with Crippen molar-refractivity contribution in [3.05, 3.63) is 65.7 Å². The molecule has 3 rings (SSSR count). The second-order valence-corrected chi connectivity index (χ2v) is 6.87. The number of anilines is 1. The van der Waals surface area contributed by atoms with E-state index in [9.17, 15) is 4.79 Å². The van der Waals surface area contributed by atoms with Gasteiger partial charge in [0.15, 0.2) is 0 Å². The van der Waals surface area contributed by atoms with Crippen LogP contribution >= 0.6 is 0 Å². The maximum atomic E-state index is 12.4. The molecular formula is C23H27N3O2. The lowest BCUT2D eigenvalue weighted by atomic mass is 10.0. The highest BCUT2D eigenvalue weighted by Crippen LogP contribution is 2.17. The number of rotatable bonds is 7. The van der Waals surface area contributed by atoms with Gasteiger partial charge in [-0.15, -0.1) is 12.3 Å². The molecular weight excluding hydrogens is 350 g/mol. The predicted molar refractivity (Wildman–Crippen MR) is 112 cm³/mol. The Bertz CT molecular complexity index is 778.